The third-order valence-electron chi connectivity index (χ3n) is 2.68. The fourth-order valence-corrected chi connectivity index (χ4v) is 1.77. The summed E-state index contributed by atoms with van der Waals surface area (Å²) in [4.78, 5) is 25.0. The van der Waals surface area contributed by atoms with E-state index in [2.05, 4.69) is 0 Å². The molecule has 4 nitrogen and oxygen atoms in total. The van der Waals surface area contributed by atoms with Crippen LogP contribution in [0.1, 0.15) is 27.6 Å². The van der Waals surface area contributed by atoms with Crippen LogP contribution in [-0.2, 0) is 0 Å². The second-order valence-corrected chi connectivity index (χ2v) is 4.05. The summed E-state index contributed by atoms with van der Waals surface area (Å²) in [7, 11) is 0. The van der Waals surface area contributed by atoms with Gasteiger partial charge in [0.15, 0.2) is 0 Å². The molecule has 0 saturated carbocycles. The van der Waals surface area contributed by atoms with Gasteiger partial charge in [0.05, 0.1) is 11.1 Å². The Balaban J connectivity index is 2.28. The minimum atomic E-state index is -0.263. The standard InChI is InChI=1S/C12H13NO3/c1-8(7-14)6-13-11(15)9-4-2-3-5-10(9)12(13)16/h2-5,8,14H,6-7H2,1H3/t8-/m1/s1. The predicted octanol–water partition coefficient (Wildman–Crippen LogP) is 0.911. The average molecular weight is 219 g/mol. The molecule has 1 aliphatic rings. The van der Waals surface area contributed by atoms with Gasteiger partial charge in [-0.25, -0.2) is 0 Å². The van der Waals surface area contributed by atoms with Gasteiger partial charge in [-0.05, 0) is 18.1 Å². The topological polar surface area (TPSA) is 57.6 Å². The van der Waals surface area contributed by atoms with Crippen LogP contribution in [0.5, 0.6) is 0 Å². The first-order chi connectivity index (χ1) is 7.65. The van der Waals surface area contributed by atoms with Gasteiger partial charge in [0.2, 0.25) is 0 Å². The average Bonchev–Trinajstić information content (AvgIpc) is 2.55. The molecule has 1 atom stereocenters. The van der Waals surface area contributed by atoms with Gasteiger partial charge in [-0.1, -0.05) is 19.1 Å². The van der Waals surface area contributed by atoms with E-state index in [-0.39, 0.29) is 30.9 Å². The van der Waals surface area contributed by atoms with Crippen LogP contribution in [0.3, 0.4) is 0 Å². The summed E-state index contributed by atoms with van der Waals surface area (Å²) in [5.74, 6) is -0.621. The Morgan fingerprint density at radius 1 is 1.19 bits per heavy atom. The van der Waals surface area contributed by atoms with Crippen molar-refractivity contribution in [3.63, 3.8) is 0 Å². The van der Waals surface area contributed by atoms with Crippen molar-refractivity contribution in [1.29, 1.82) is 0 Å². The molecule has 0 radical (unpaired) electrons. The van der Waals surface area contributed by atoms with Gasteiger partial charge in [-0.3, -0.25) is 14.5 Å². The van der Waals surface area contributed by atoms with Crippen LogP contribution in [0.4, 0.5) is 0 Å². The lowest BCUT2D eigenvalue weighted by atomic mass is 10.1. The van der Waals surface area contributed by atoms with Crippen molar-refractivity contribution in [2.75, 3.05) is 13.2 Å². The molecule has 1 N–H and O–H groups in total. The van der Waals surface area contributed by atoms with Crippen molar-refractivity contribution in [3.8, 4) is 0 Å². The summed E-state index contributed by atoms with van der Waals surface area (Å²) >= 11 is 0. The Kier molecular flexibility index (Phi) is 2.75. The van der Waals surface area contributed by atoms with E-state index < -0.39 is 0 Å². The summed E-state index contributed by atoms with van der Waals surface area (Å²) < 4.78 is 0. The SMILES string of the molecule is C[C@@H](CO)CN1C(=O)c2ccccc2C1=O. The zero-order chi connectivity index (χ0) is 11.7. The lowest BCUT2D eigenvalue weighted by Gasteiger charge is -2.17. The van der Waals surface area contributed by atoms with E-state index in [1.165, 1.54) is 4.90 Å². The molecule has 0 fully saturated rings. The van der Waals surface area contributed by atoms with Gasteiger partial charge < -0.3 is 5.11 Å². The molecular formula is C12H13NO3. The molecule has 0 aromatic heterocycles. The van der Waals surface area contributed by atoms with Gasteiger partial charge in [0, 0.05) is 13.2 Å². The summed E-state index contributed by atoms with van der Waals surface area (Å²) in [6, 6.07) is 6.78. The quantitative estimate of drug-likeness (QED) is 0.769. The van der Waals surface area contributed by atoms with E-state index in [1.807, 2.05) is 0 Å². The Hall–Kier alpha value is -1.68. The second kappa shape index (κ2) is 4.06. The third kappa shape index (κ3) is 1.61. The van der Waals surface area contributed by atoms with Crippen molar-refractivity contribution >= 4 is 11.8 Å². The van der Waals surface area contributed by atoms with Crippen LogP contribution in [-0.4, -0.2) is 35.0 Å². The zero-order valence-corrected chi connectivity index (χ0v) is 9.01. The van der Waals surface area contributed by atoms with E-state index in [0.29, 0.717) is 11.1 Å². The number of hydrogen-bond donors (Lipinski definition) is 1. The molecule has 0 aliphatic carbocycles. The highest BCUT2D eigenvalue weighted by Crippen LogP contribution is 2.22. The maximum absolute atomic E-state index is 11.9. The van der Waals surface area contributed by atoms with Crippen molar-refractivity contribution in [2.45, 2.75) is 6.92 Å². The highest BCUT2D eigenvalue weighted by molar-refractivity contribution is 6.21. The van der Waals surface area contributed by atoms with Crippen LogP contribution in [0, 0.1) is 5.92 Å². The molecule has 0 saturated heterocycles. The third-order valence-corrected chi connectivity index (χ3v) is 2.68. The molecule has 1 heterocycles. The molecule has 4 heteroatoms. The highest BCUT2D eigenvalue weighted by atomic mass is 16.3. The number of hydrogen-bond acceptors (Lipinski definition) is 3. The Bertz CT molecular complexity index is 407. The first-order valence-electron chi connectivity index (χ1n) is 5.21. The van der Waals surface area contributed by atoms with Crippen molar-refractivity contribution in [1.82, 2.24) is 4.90 Å². The summed E-state index contributed by atoms with van der Waals surface area (Å²) in [6.45, 7) is 2.03. The molecule has 2 rings (SSSR count). The molecule has 0 bridgehead atoms. The zero-order valence-electron chi connectivity index (χ0n) is 9.01. The Morgan fingerprint density at radius 2 is 1.69 bits per heavy atom. The van der Waals surface area contributed by atoms with Crippen LogP contribution >= 0.6 is 0 Å². The lowest BCUT2D eigenvalue weighted by molar-refractivity contribution is 0.0614. The molecule has 1 aromatic carbocycles. The summed E-state index contributed by atoms with van der Waals surface area (Å²) in [5.41, 5.74) is 0.912. The lowest BCUT2D eigenvalue weighted by Crippen LogP contribution is -2.34. The second-order valence-electron chi connectivity index (χ2n) is 4.05. The smallest absolute Gasteiger partial charge is 0.261 e. The normalized spacial score (nSPS) is 16.5. The number of aliphatic hydroxyl groups is 1. The number of carbonyl (C=O) groups excluding carboxylic acids is 2. The number of amides is 2. The monoisotopic (exact) mass is 219 g/mol. The highest BCUT2D eigenvalue weighted by Gasteiger charge is 2.35. The molecule has 2 amide bonds. The number of benzene rings is 1. The van der Waals surface area contributed by atoms with Gasteiger partial charge in [-0.15, -0.1) is 0 Å². The fraction of sp³-hybridized carbons (Fsp3) is 0.333. The Morgan fingerprint density at radius 3 is 2.12 bits per heavy atom. The van der Waals surface area contributed by atoms with Crippen LogP contribution in [0.15, 0.2) is 24.3 Å². The van der Waals surface area contributed by atoms with E-state index in [1.54, 1.807) is 31.2 Å². The van der Waals surface area contributed by atoms with Crippen LogP contribution < -0.4 is 0 Å². The van der Waals surface area contributed by atoms with Crippen LogP contribution in [0.2, 0.25) is 0 Å². The minimum absolute atomic E-state index is 0.0343. The molecule has 0 spiro atoms. The van der Waals surface area contributed by atoms with Gasteiger partial charge in [0.1, 0.15) is 0 Å². The predicted molar refractivity (Wildman–Crippen MR) is 58.1 cm³/mol. The molecular weight excluding hydrogens is 206 g/mol. The van der Waals surface area contributed by atoms with Crippen molar-refractivity contribution < 1.29 is 14.7 Å². The Labute approximate surface area is 93.5 Å². The first-order valence-corrected chi connectivity index (χ1v) is 5.21. The summed E-state index contributed by atoms with van der Waals surface area (Å²) in [5, 5.41) is 8.94. The number of rotatable bonds is 3. The number of nitrogens with zero attached hydrogens (tertiary/aromatic N) is 1. The number of carbonyl (C=O) groups is 2. The van der Waals surface area contributed by atoms with Crippen molar-refractivity contribution in [3.05, 3.63) is 35.4 Å². The maximum Gasteiger partial charge on any atom is 0.261 e. The van der Waals surface area contributed by atoms with Crippen molar-refractivity contribution in [2.24, 2.45) is 5.92 Å². The number of aliphatic hydroxyl groups excluding tert-OH is 1. The van der Waals surface area contributed by atoms with Gasteiger partial charge in [-0.2, -0.15) is 0 Å². The molecule has 84 valence electrons. The molecule has 0 unspecified atom stereocenters. The first kappa shape index (κ1) is 10.8. The van der Waals surface area contributed by atoms with E-state index in [4.69, 9.17) is 5.11 Å². The van der Waals surface area contributed by atoms with Gasteiger partial charge >= 0.3 is 0 Å². The van der Waals surface area contributed by atoms with Gasteiger partial charge in [0.25, 0.3) is 11.8 Å². The molecule has 1 aromatic rings. The van der Waals surface area contributed by atoms with E-state index in [0.717, 1.165) is 0 Å². The molecule has 1 aliphatic heterocycles. The molecule has 16 heavy (non-hydrogen) atoms. The minimum Gasteiger partial charge on any atom is -0.396 e. The largest absolute Gasteiger partial charge is 0.396 e. The maximum atomic E-state index is 11.9. The summed E-state index contributed by atoms with van der Waals surface area (Å²) in [6.07, 6.45) is 0. The van der Waals surface area contributed by atoms with E-state index >= 15 is 0 Å². The number of fused-ring (bicyclic) bond motifs is 1. The fourth-order valence-electron chi connectivity index (χ4n) is 1.77. The van der Waals surface area contributed by atoms with E-state index in [9.17, 15) is 9.59 Å². The van der Waals surface area contributed by atoms with Crippen LogP contribution in [0.25, 0.3) is 0 Å². The number of imide groups is 1.